The number of para-hydroxylation sites is 1. The molecule has 6 nitrogen and oxygen atoms in total. The number of rotatable bonds is 4. The Kier molecular flexibility index (Phi) is 5.05. The van der Waals surface area contributed by atoms with Crippen molar-refractivity contribution >= 4 is 16.9 Å². The molecule has 1 atom stereocenters. The molecule has 0 radical (unpaired) electrons. The van der Waals surface area contributed by atoms with Gasteiger partial charge in [0.25, 0.3) is 0 Å². The minimum absolute atomic E-state index is 0.527. The topological polar surface area (TPSA) is 58.3 Å². The summed E-state index contributed by atoms with van der Waals surface area (Å²) in [6.45, 7) is 2.83. The van der Waals surface area contributed by atoms with Crippen molar-refractivity contribution in [2.75, 3.05) is 26.7 Å². The zero-order valence-electron chi connectivity index (χ0n) is 16.0. The van der Waals surface area contributed by atoms with Crippen LogP contribution in [-0.4, -0.2) is 52.3 Å². The molecule has 0 aliphatic carbocycles. The summed E-state index contributed by atoms with van der Waals surface area (Å²) in [6.07, 6.45) is 6.12. The van der Waals surface area contributed by atoms with Gasteiger partial charge in [0.1, 0.15) is 0 Å². The van der Waals surface area contributed by atoms with Gasteiger partial charge in [-0.2, -0.15) is 5.10 Å². The second-order valence-corrected chi connectivity index (χ2v) is 7.10. The molecule has 1 aliphatic rings. The van der Waals surface area contributed by atoms with E-state index in [0.29, 0.717) is 5.92 Å². The molecule has 1 N–H and O–H groups in total. The molecule has 140 valence electrons. The smallest absolute Gasteiger partial charge is 0.193 e. The molecule has 1 aromatic carbocycles. The van der Waals surface area contributed by atoms with Gasteiger partial charge in [0.05, 0.1) is 11.7 Å². The van der Waals surface area contributed by atoms with Crippen LogP contribution in [0.3, 0.4) is 0 Å². The fourth-order valence-corrected chi connectivity index (χ4v) is 3.76. The zero-order valence-corrected chi connectivity index (χ0v) is 16.0. The van der Waals surface area contributed by atoms with Gasteiger partial charge < -0.3 is 10.2 Å². The summed E-state index contributed by atoms with van der Waals surface area (Å²) in [7, 11) is 3.82. The van der Waals surface area contributed by atoms with E-state index in [1.54, 1.807) is 0 Å². The van der Waals surface area contributed by atoms with Crippen LogP contribution in [0.25, 0.3) is 10.9 Å². The van der Waals surface area contributed by atoms with Gasteiger partial charge in [0.2, 0.25) is 0 Å². The molecule has 3 heterocycles. The number of aromatic nitrogens is 3. The lowest BCUT2D eigenvalue weighted by Gasteiger charge is -2.21. The third-order valence-corrected chi connectivity index (χ3v) is 5.22. The SMILES string of the molecule is CN=C(NCCc1ccc2ccccc2n1)N1CCC(c2cnn(C)c2)C1. The van der Waals surface area contributed by atoms with Crippen LogP contribution in [0, 0.1) is 0 Å². The molecule has 0 bridgehead atoms. The van der Waals surface area contributed by atoms with Crippen LogP contribution >= 0.6 is 0 Å². The lowest BCUT2D eigenvalue weighted by Crippen LogP contribution is -2.40. The Bertz CT molecular complexity index is 945. The van der Waals surface area contributed by atoms with Gasteiger partial charge >= 0.3 is 0 Å². The van der Waals surface area contributed by atoms with Gasteiger partial charge in [0.15, 0.2) is 5.96 Å². The average molecular weight is 362 g/mol. The highest BCUT2D eigenvalue weighted by Gasteiger charge is 2.26. The van der Waals surface area contributed by atoms with Crippen molar-refractivity contribution in [1.29, 1.82) is 0 Å². The van der Waals surface area contributed by atoms with Gasteiger partial charge in [-0.25, -0.2) is 0 Å². The second-order valence-electron chi connectivity index (χ2n) is 7.10. The van der Waals surface area contributed by atoms with Crippen LogP contribution in [0.15, 0.2) is 53.8 Å². The molecule has 1 aliphatic heterocycles. The number of fused-ring (bicyclic) bond motifs is 1. The van der Waals surface area contributed by atoms with E-state index in [0.717, 1.165) is 49.6 Å². The number of benzene rings is 1. The molecule has 27 heavy (non-hydrogen) atoms. The maximum absolute atomic E-state index is 4.75. The molecule has 4 rings (SSSR count). The number of pyridine rings is 1. The monoisotopic (exact) mass is 362 g/mol. The van der Waals surface area contributed by atoms with E-state index >= 15 is 0 Å². The van der Waals surface area contributed by atoms with Crippen molar-refractivity contribution < 1.29 is 0 Å². The van der Waals surface area contributed by atoms with E-state index in [9.17, 15) is 0 Å². The Labute approximate surface area is 159 Å². The molecule has 3 aromatic rings. The highest BCUT2D eigenvalue weighted by molar-refractivity contribution is 5.80. The van der Waals surface area contributed by atoms with Gasteiger partial charge in [-0.3, -0.25) is 14.7 Å². The van der Waals surface area contributed by atoms with Gasteiger partial charge in [-0.15, -0.1) is 0 Å². The highest BCUT2D eigenvalue weighted by atomic mass is 15.3. The molecular weight excluding hydrogens is 336 g/mol. The van der Waals surface area contributed by atoms with Crippen molar-refractivity contribution in [3.63, 3.8) is 0 Å². The quantitative estimate of drug-likeness (QED) is 0.572. The van der Waals surface area contributed by atoms with Crippen LogP contribution in [0.2, 0.25) is 0 Å². The van der Waals surface area contributed by atoms with Crippen molar-refractivity contribution in [2.45, 2.75) is 18.8 Å². The molecule has 1 unspecified atom stereocenters. The summed E-state index contributed by atoms with van der Waals surface area (Å²) in [5, 5.41) is 8.99. The summed E-state index contributed by atoms with van der Waals surface area (Å²) >= 11 is 0. The van der Waals surface area contributed by atoms with E-state index in [4.69, 9.17) is 4.98 Å². The summed E-state index contributed by atoms with van der Waals surface area (Å²) in [4.78, 5) is 11.6. The number of nitrogens with zero attached hydrogens (tertiary/aromatic N) is 5. The number of aliphatic imine (C=N–C) groups is 1. The number of guanidine groups is 1. The normalized spacial score (nSPS) is 17.6. The first-order valence-electron chi connectivity index (χ1n) is 9.52. The molecule has 0 saturated carbocycles. The molecule has 1 saturated heterocycles. The van der Waals surface area contributed by atoms with E-state index in [-0.39, 0.29) is 0 Å². The van der Waals surface area contributed by atoms with Crippen molar-refractivity contribution in [3.8, 4) is 0 Å². The Morgan fingerprint density at radius 2 is 2.15 bits per heavy atom. The minimum Gasteiger partial charge on any atom is -0.356 e. The van der Waals surface area contributed by atoms with Crippen molar-refractivity contribution in [3.05, 3.63) is 60.0 Å². The first-order chi connectivity index (χ1) is 13.2. The fraction of sp³-hybridized carbons (Fsp3) is 0.381. The largest absolute Gasteiger partial charge is 0.356 e. The molecular formula is C21H26N6. The number of aryl methyl sites for hydroxylation is 1. The van der Waals surface area contributed by atoms with E-state index in [1.165, 1.54) is 10.9 Å². The van der Waals surface area contributed by atoms with Crippen LogP contribution in [-0.2, 0) is 13.5 Å². The third-order valence-electron chi connectivity index (χ3n) is 5.22. The average Bonchev–Trinajstić information content (AvgIpc) is 3.34. The summed E-state index contributed by atoms with van der Waals surface area (Å²) < 4.78 is 1.88. The fourth-order valence-electron chi connectivity index (χ4n) is 3.76. The molecule has 0 spiro atoms. The van der Waals surface area contributed by atoms with E-state index < -0.39 is 0 Å². The summed E-state index contributed by atoms with van der Waals surface area (Å²) in [6, 6.07) is 12.5. The maximum atomic E-state index is 4.75. The summed E-state index contributed by atoms with van der Waals surface area (Å²) in [5.74, 6) is 1.50. The van der Waals surface area contributed by atoms with Crippen LogP contribution in [0.5, 0.6) is 0 Å². The predicted molar refractivity (Wildman–Crippen MR) is 109 cm³/mol. The second kappa shape index (κ2) is 7.78. The standard InChI is InChI=1S/C21H26N6/c1-22-21(27-12-10-17(15-27)18-13-24-26(2)14-18)23-11-9-19-8-7-16-5-3-4-6-20(16)25-19/h3-8,13-14,17H,9-12,15H2,1-2H3,(H,22,23). The number of likely N-dealkylation sites (tertiary alicyclic amines) is 1. The van der Waals surface area contributed by atoms with E-state index in [1.807, 2.05) is 37.1 Å². The molecule has 1 fully saturated rings. The Hall–Kier alpha value is -2.89. The number of hydrogen-bond acceptors (Lipinski definition) is 3. The minimum atomic E-state index is 0.527. The number of nitrogens with one attached hydrogen (secondary N) is 1. The first kappa shape index (κ1) is 17.5. The van der Waals surface area contributed by atoms with Crippen LogP contribution in [0.1, 0.15) is 23.6 Å². The van der Waals surface area contributed by atoms with Crippen molar-refractivity contribution in [2.24, 2.45) is 12.0 Å². The first-order valence-corrected chi connectivity index (χ1v) is 9.52. The zero-order chi connectivity index (χ0) is 18.6. The van der Waals surface area contributed by atoms with Gasteiger partial charge in [-0.05, 0) is 24.1 Å². The Morgan fingerprint density at radius 1 is 1.26 bits per heavy atom. The molecule has 2 aromatic heterocycles. The lowest BCUT2D eigenvalue weighted by atomic mass is 10.0. The third kappa shape index (κ3) is 3.94. The summed E-state index contributed by atoms with van der Waals surface area (Å²) in [5.41, 5.74) is 3.47. The maximum Gasteiger partial charge on any atom is 0.193 e. The molecule has 0 amide bonds. The Balaban J connectivity index is 1.32. The van der Waals surface area contributed by atoms with Crippen LogP contribution < -0.4 is 5.32 Å². The Morgan fingerprint density at radius 3 is 2.96 bits per heavy atom. The molecule has 6 heteroatoms. The van der Waals surface area contributed by atoms with Crippen LogP contribution in [0.4, 0.5) is 0 Å². The van der Waals surface area contributed by atoms with Gasteiger partial charge in [-0.1, -0.05) is 24.3 Å². The van der Waals surface area contributed by atoms with E-state index in [2.05, 4.69) is 50.8 Å². The number of hydrogen-bond donors (Lipinski definition) is 1. The van der Waals surface area contributed by atoms with Gasteiger partial charge in [0, 0.05) is 63.3 Å². The van der Waals surface area contributed by atoms with Crippen molar-refractivity contribution in [1.82, 2.24) is 25.0 Å². The lowest BCUT2D eigenvalue weighted by molar-refractivity contribution is 0.486. The predicted octanol–water partition coefficient (Wildman–Crippen LogP) is 2.58. The highest BCUT2D eigenvalue weighted by Crippen LogP contribution is 2.26.